The molecular weight excluding hydrogens is 1630 g/mol. The van der Waals surface area contributed by atoms with Gasteiger partial charge in [-0.25, -0.2) is 59.8 Å². The number of nitrogens with two attached hydrogens (primary N) is 4. The van der Waals surface area contributed by atoms with E-state index in [2.05, 4.69) is 108 Å². The first kappa shape index (κ1) is 87.0. The maximum atomic E-state index is 13.0. The Morgan fingerprint density at radius 2 is 0.592 bits per heavy atom. The van der Waals surface area contributed by atoms with Crippen LogP contribution in [-0.2, 0) is 0 Å². The van der Waals surface area contributed by atoms with Crippen LogP contribution in [0, 0.1) is 27.7 Å². The van der Waals surface area contributed by atoms with Crippen LogP contribution in [0.15, 0.2) is 195 Å². The Labute approximate surface area is 763 Å². The summed E-state index contributed by atoms with van der Waals surface area (Å²) in [4.78, 5) is 134. The number of nitrogens with one attached hydrogen (secondary N) is 5. The molecule has 20 rings (SSSR count). The third kappa shape index (κ3) is 19.7. The van der Waals surface area contributed by atoms with Crippen molar-refractivity contribution in [3.63, 3.8) is 0 Å². The Kier molecular flexibility index (Phi) is 25.6. The molecule has 0 spiro atoms. The highest BCUT2D eigenvalue weighted by molar-refractivity contribution is 5.98. The Hall–Kier alpha value is -15.1. The van der Waals surface area contributed by atoms with E-state index in [0.29, 0.717) is 120 Å². The van der Waals surface area contributed by atoms with Gasteiger partial charge in [0.25, 0.3) is 23.6 Å². The van der Waals surface area contributed by atoms with Crippen molar-refractivity contribution in [2.45, 2.75) is 53.0 Å². The van der Waals surface area contributed by atoms with Crippen LogP contribution in [0.4, 0.5) is 23.3 Å². The Balaban J connectivity index is 0.000000202. The summed E-state index contributed by atoms with van der Waals surface area (Å²) in [5.41, 5.74) is 47.1. The minimum atomic E-state index is 0. The summed E-state index contributed by atoms with van der Waals surface area (Å²) in [5.74, 6) is 3.83. The Morgan fingerprint density at radius 3 is 0.877 bits per heavy atom. The number of hydrogen-bond donors (Lipinski definition) is 9. The van der Waals surface area contributed by atoms with E-state index in [1.165, 1.54) is 0 Å². The average molecular weight is 1750 g/mol. The molecule has 4 amide bonds. The fourth-order valence-corrected chi connectivity index (χ4v) is 16.4. The highest BCUT2D eigenvalue weighted by Crippen LogP contribution is 2.34. The normalized spacial score (nSPS) is 14.7. The zero-order valence-electron chi connectivity index (χ0n) is 74.0. The number of benzene rings is 8. The van der Waals surface area contributed by atoms with Crippen LogP contribution in [0.5, 0.6) is 0 Å². The summed E-state index contributed by atoms with van der Waals surface area (Å²) in [7, 11) is 8.37. The standard InChI is InChI=1S/C26H29N7O.C25H27N7O.C24H25N7O.C23H23N7O.8H2/c1-16-4-9-20-21(14-16)31-25(30-20)23-24(27)28-15-22(29-23)17-5-7-18(8-6-17)26(34)33-12-10-19(11-13-33)32(2)3;1-16-4-9-19-20(14-16)30-24(29-19)22-23(26)27-15-21(28-22)17-5-7-18(8-6-17)25(33)32-11-3-10-31(2)12-13-32;1-15-3-8-18-19(13-15)29-23(28-18)21-22(25)26-14-20(27-21)16-4-6-17(7-5-16)24(32)31-11-9-30(2)10-12-31;1-14-2-7-17-18(12-14)29-22(28-17)20-21(24)26-13-19(27-20)15-3-5-16(6-4-15)23(31)30-10-8-25-9-11-30;;;;;;;;/h4-9,14-15,19H,10-13H2,1-3H3,(H2,27,28)(H,30,31);4-9,14-15H,3,10-13H2,1-2H3,(H2,26,27)(H,29,30);3-8,13-14H,9-12H2,1-2H3,(H2,25,26)(H,28,29);2-7,12-13,25H,8-11H2,1H3,(H2,24,26)(H,28,29);8*1H. The average Bonchev–Trinajstić information content (AvgIpc) is 1.62. The number of carbonyl (C=O) groups excluding carboxylic acids is 4. The molecule has 0 radical (unpaired) electrons. The van der Waals surface area contributed by atoms with Gasteiger partial charge in [0, 0.05) is 147 Å². The molecule has 0 unspecified atom stereocenters. The predicted molar refractivity (Wildman–Crippen MR) is 527 cm³/mol. The highest BCUT2D eigenvalue weighted by Gasteiger charge is 2.28. The third-order valence-corrected chi connectivity index (χ3v) is 24.0. The molecule has 16 aromatic rings. The third-order valence-electron chi connectivity index (χ3n) is 24.0. The summed E-state index contributed by atoms with van der Waals surface area (Å²) in [6.07, 6.45) is 9.57. The van der Waals surface area contributed by atoms with Crippen molar-refractivity contribution in [2.24, 2.45) is 0 Å². The molecule has 13 N–H and O–H groups in total. The predicted octanol–water partition coefficient (Wildman–Crippen LogP) is 14.7. The van der Waals surface area contributed by atoms with Crippen LogP contribution in [0.3, 0.4) is 0 Å². The molecular formula is C98H120N28O4. The number of likely N-dealkylation sites (N-methyl/N-ethyl adjacent to an activating group) is 2. The fourth-order valence-electron chi connectivity index (χ4n) is 16.4. The van der Waals surface area contributed by atoms with Crippen LogP contribution in [-0.4, -0.2) is 264 Å². The highest BCUT2D eigenvalue weighted by atomic mass is 16.2. The number of imidazole rings is 4. The lowest BCUT2D eigenvalue weighted by Crippen LogP contribution is -2.47. The number of hydrogen-bond acceptors (Lipinski definition) is 24. The summed E-state index contributed by atoms with van der Waals surface area (Å²) in [6, 6.07) is 54.6. The van der Waals surface area contributed by atoms with Gasteiger partial charge in [-0.2, -0.15) is 0 Å². The number of aromatic nitrogens is 16. The molecule has 0 aliphatic carbocycles. The number of piperidine rings is 1. The van der Waals surface area contributed by atoms with E-state index in [1.807, 2.05) is 217 Å². The van der Waals surface area contributed by atoms with Crippen LogP contribution in [0.1, 0.15) is 94.4 Å². The van der Waals surface area contributed by atoms with E-state index >= 15 is 0 Å². The zero-order valence-corrected chi connectivity index (χ0v) is 74.0. The number of amides is 4. The second-order valence-electron chi connectivity index (χ2n) is 33.8. The number of anilines is 4. The van der Waals surface area contributed by atoms with Gasteiger partial charge in [0.1, 0.15) is 22.8 Å². The van der Waals surface area contributed by atoms with Gasteiger partial charge in [-0.15, -0.1) is 0 Å². The minimum Gasteiger partial charge on any atom is -0.382 e. The molecule has 8 aromatic heterocycles. The number of H-pyrrole nitrogens is 4. The van der Waals surface area contributed by atoms with E-state index in [-0.39, 0.29) is 35.0 Å². The van der Waals surface area contributed by atoms with Crippen LogP contribution in [0.25, 0.3) is 135 Å². The second kappa shape index (κ2) is 38.2. The maximum Gasteiger partial charge on any atom is 0.253 e. The fraction of sp³-hybridized carbons (Fsp3) is 0.265. The number of fused-ring (bicyclic) bond motifs is 4. The number of carbonyl (C=O) groups is 4. The molecule has 0 atom stereocenters. The second-order valence-corrected chi connectivity index (χ2v) is 33.8. The lowest BCUT2D eigenvalue weighted by molar-refractivity contribution is 0.0656. The minimum absolute atomic E-state index is 0. The van der Waals surface area contributed by atoms with Gasteiger partial charge in [-0.05, 0) is 201 Å². The van der Waals surface area contributed by atoms with E-state index in [1.54, 1.807) is 24.8 Å². The van der Waals surface area contributed by atoms with E-state index < -0.39 is 0 Å². The topological polar surface area (TPSA) is 425 Å². The van der Waals surface area contributed by atoms with Crippen LogP contribution >= 0.6 is 0 Å². The van der Waals surface area contributed by atoms with Gasteiger partial charge in [0.15, 0.2) is 46.6 Å². The van der Waals surface area contributed by atoms with Gasteiger partial charge in [-0.3, -0.25) is 19.2 Å². The Morgan fingerprint density at radius 1 is 0.331 bits per heavy atom. The first-order chi connectivity index (χ1) is 62.9. The van der Waals surface area contributed by atoms with Crippen molar-refractivity contribution >= 4 is 91.0 Å². The molecule has 4 saturated heterocycles. The lowest BCUT2D eigenvalue weighted by atomic mass is 10.0. The number of aryl methyl sites for hydroxylation is 4. The molecule has 0 saturated carbocycles. The van der Waals surface area contributed by atoms with Crippen molar-refractivity contribution in [3.05, 3.63) is 239 Å². The van der Waals surface area contributed by atoms with Crippen LogP contribution < -0.4 is 28.3 Å². The zero-order chi connectivity index (χ0) is 90.4. The smallest absolute Gasteiger partial charge is 0.253 e. The molecule has 4 fully saturated rings. The number of rotatable bonds is 13. The first-order valence-corrected chi connectivity index (χ1v) is 43.6. The lowest BCUT2D eigenvalue weighted by Gasteiger charge is -2.35. The van der Waals surface area contributed by atoms with Crippen LogP contribution in [0.2, 0.25) is 0 Å². The van der Waals surface area contributed by atoms with Gasteiger partial charge >= 0.3 is 0 Å². The quantitative estimate of drug-likeness (QED) is 0.0517. The van der Waals surface area contributed by atoms with E-state index in [9.17, 15) is 19.2 Å². The van der Waals surface area contributed by atoms with Gasteiger partial charge in [0.05, 0.1) is 91.7 Å². The van der Waals surface area contributed by atoms with E-state index in [4.69, 9.17) is 42.9 Å². The van der Waals surface area contributed by atoms with Crippen molar-refractivity contribution in [1.29, 1.82) is 0 Å². The largest absolute Gasteiger partial charge is 0.382 e. The van der Waals surface area contributed by atoms with Gasteiger partial charge < -0.3 is 82.5 Å². The van der Waals surface area contributed by atoms with Crippen molar-refractivity contribution in [1.82, 2.24) is 119 Å². The summed E-state index contributed by atoms with van der Waals surface area (Å²) >= 11 is 0. The Bertz CT molecular complexity index is 6870. The molecule has 32 heteroatoms. The molecule has 8 aromatic carbocycles. The van der Waals surface area contributed by atoms with E-state index in [0.717, 1.165) is 200 Å². The molecule has 12 heterocycles. The van der Waals surface area contributed by atoms with Crippen molar-refractivity contribution < 1.29 is 30.6 Å². The van der Waals surface area contributed by atoms with Gasteiger partial charge in [0.2, 0.25) is 0 Å². The summed E-state index contributed by atoms with van der Waals surface area (Å²) in [6.45, 7) is 19.6. The monoisotopic (exact) mass is 1750 g/mol. The number of likely N-dealkylation sites (tertiary alicyclic amines) is 1. The maximum absolute atomic E-state index is 13.0. The summed E-state index contributed by atoms with van der Waals surface area (Å²) < 4.78 is 0. The molecule has 4 aliphatic rings. The first-order valence-electron chi connectivity index (χ1n) is 43.6. The van der Waals surface area contributed by atoms with Crippen molar-refractivity contribution in [2.75, 3.05) is 143 Å². The SMILES string of the molecule is Cc1ccc2nc(-c3nc(-c4ccc(C(=O)N5CCC(N(C)C)CC5)cc4)cnc3N)[nH]c2c1.Cc1ccc2nc(-c3nc(-c4ccc(C(=O)N5CCCN(C)CC5)cc4)cnc3N)[nH]c2c1.Cc1ccc2nc(-c3nc(-c4ccc(C(=O)N5CCN(C)CC5)cc4)cnc3N)[nH]c2c1.Cc1ccc2nc(-c3nc(-c4ccc(C(=O)N5CCNCC5)cc4)cnc3N)[nH]c2c1.[HH].[HH].[HH].[HH].[HH].[HH].[HH].[HH]. The van der Waals surface area contributed by atoms with Crippen molar-refractivity contribution in [3.8, 4) is 91.1 Å². The molecule has 676 valence electrons. The molecule has 0 bridgehead atoms. The molecule has 4 aliphatic heterocycles. The molecule has 32 nitrogen and oxygen atoms in total. The number of nitrogens with zero attached hydrogens (tertiary/aromatic N) is 19. The number of aromatic amines is 4. The molecule has 130 heavy (non-hydrogen) atoms. The number of nitrogen functional groups attached to an aromatic ring is 4. The van der Waals surface area contributed by atoms with Gasteiger partial charge in [-0.1, -0.05) is 72.8 Å². The number of piperazine rings is 2. The summed E-state index contributed by atoms with van der Waals surface area (Å²) in [5, 5.41) is 3.26.